The highest BCUT2D eigenvalue weighted by Gasteiger charge is 2.37. The molecule has 7 nitrogen and oxygen atoms in total. The van der Waals surface area contributed by atoms with Crippen LogP contribution in [0.3, 0.4) is 0 Å². The van der Waals surface area contributed by atoms with Crippen LogP contribution >= 0.6 is 12.4 Å². The van der Waals surface area contributed by atoms with Gasteiger partial charge in [0.2, 0.25) is 0 Å². The van der Waals surface area contributed by atoms with Gasteiger partial charge in [-0.2, -0.15) is 17.0 Å². The van der Waals surface area contributed by atoms with Gasteiger partial charge in [-0.05, 0) is 17.5 Å². The van der Waals surface area contributed by atoms with E-state index in [9.17, 15) is 8.42 Å². The number of benzene rings is 1. The topological polar surface area (TPSA) is 71.1 Å². The molecule has 27 heavy (non-hydrogen) atoms. The minimum absolute atomic E-state index is 0. The zero-order chi connectivity index (χ0) is 19.0. The second-order valence-electron chi connectivity index (χ2n) is 6.32. The van der Waals surface area contributed by atoms with E-state index in [2.05, 4.69) is 24.4 Å². The van der Waals surface area contributed by atoms with Crippen molar-refractivity contribution in [2.45, 2.75) is 19.4 Å². The number of nitrogens with zero attached hydrogens (tertiary/aromatic N) is 2. The molecule has 0 aromatic heterocycles. The summed E-state index contributed by atoms with van der Waals surface area (Å²) < 4.78 is 39.9. The molecule has 0 spiro atoms. The van der Waals surface area contributed by atoms with E-state index in [1.807, 2.05) is 12.1 Å². The monoisotopic (exact) mass is 421 g/mol. The van der Waals surface area contributed by atoms with E-state index in [1.165, 1.54) is 9.87 Å². The van der Waals surface area contributed by atoms with Gasteiger partial charge in [-0.1, -0.05) is 31.2 Å². The van der Waals surface area contributed by atoms with Crippen LogP contribution in [0.5, 0.6) is 0 Å². The summed E-state index contributed by atoms with van der Waals surface area (Å²) in [6.07, 6.45) is 0.965. The molecule has 1 aliphatic rings. The number of hydrogen-bond acceptors (Lipinski definition) is 5. The Labute approximate surface area is 169 Å². The predicted molar refractivity (Wildman–Crippen MR) is 110 cm³/mol. The lowest BCUT2D eigenvalue weighted by molar-refractivity contribution is 0.143. The average molecular weight is 422 g/mol. The first-order chi connectivity index (χ1) is 12.5. The van der Waals surface area contributed by atoms with Crippen molar-refractivity contribution in [3.63, 3.8) is 0 Å². The number of methoxy groups -OCH3 is 2. The van der Waals surface area contributed by atoms with Gasteiger partial charge < -0.3 is 14.8 Å². The van der Waals surface area contributed by atoms with Gasteiger partial charge in [0.05, 0.1) is 19.3 Å². The second kappa shape index (κ2) is 12.0. The normalized spacial score (nSPS) is 18.4. The van der Waals surface area contributed by atoms with Crippen molar-refractivity contribution in [3.8, 4) is 0 Å². The molecule has 156 valence electrons. The van der Waals surface area contributed by atoms with E-state index in [-0.39, 0.29) is 18.4 Å². The fraction of sp³-hybridized carbons (Fsp3) is 0.667. The van der Waals surface area contributed by atoms with Crippen LogP contribution in [0, 0.1) is 0 Å². The van der Waals surface area contributed by atoms with E-state index >= 15 is 0 Å². The molecule has 0 saturated carbocycles. The van der Waals surface area contributed by atoms with Gasteiger partial charge in [-0.3, -0.25) is 0 Å². The lowest BCUT2D eigenvalue weighted by Gasteiger charge is -2.38. The van der Waals surface area contributed by atoms with E-state index in [0.717, 1.165) is 12.0 Å². The molecule has 1 N–H and O–H groups in total. The molecule has 0 radical (unpaired) electrons. The first-order valence-electron chi connectivity index (χ1n) is 9.09. The summed E-state index contributed by atoms with van der Waals surface area (Å²) in [4.78, 5) is 0. The maximum absolute atomic E-state index is 13.3. The smallest absolute Gasteiger partial charge is 0.282 e. The first-order valence-corrected chi connectivity index (χ1v) is 10.5. The van der Waals surface area contributed by atoms with Gasteiger partial charge >= 0.3 is 0 Å². The van der Waals surface area contributed by atoms with Crippen molar-refractivity contribution in [2.75, 3.05) is 60.2 Å². The van der Waals surface area contributed by atoms with Crippen LogP contribution in [0.15, 0.2) is 24.3 Å². The summed E-state index contributed by atoms with van der Waals surface area (Å²) in [6.45, 7) is 5.13. The van der Waals surface area contributed by atoms with E-state index in [4.69, 9.17) is 9.47 Å². The quantitative estimate of drug-likeness (QED) is 0.619. The number of rotatable bonds is 10. The van der Waals surface area contributed by atoms with Crippen molar-refractivity contribution in [1.82, 2.24) is 13.9 Å². The standard InChI is InChI=1S/C18H31N3O4S.ClH/c1-4-16-5-7-17(8-6-16)18-15-19-9-10-21(18)26(22,23)20(11-13-24-2)12-14-25-3;/h5-8,18-19H,4,9-15H2,1-3H3;1H. The lowest BCUT2D eigenvalue weighted by Crippen LogP contribution is -2.54. The lowest BCUT2D eigenvalue weighted by atomic mass is 10.0. The zero-order valence-corrected chi connectivity index (χ0v) is 18.0. The first kappa shape index (κ1) is 24.3. The third-order valence-electron chi connectivity index (χ3n) is 4.68. The van der Waals surface area contributed by atoms with Gasteiger partial charge in [0.15, 0.2) is 0 Å². The third kappa shape index (κ3) is 6.39. The molecule has 2 rings (SSSR count). The molecule has 1 saturated heterocycles. The van der Waals surface area contributed by atoms with Crippen molar-refractivity contribution in [1.29, 1.82) is 0 Å². The van der Waals surface area contributed by atoms with Crippen LogP contribution in [0.4, 0.5) is 0 Å². The van der Waals surface area contributed by atoms with Crippen molar-refractivity contribution >= 4 is 22.6 Å². The maximum atomic E-state index is 13.3. The summed E-state index contributed by atoms with van der Waals surface area (Å²) in [6, 6.07) is 8.00. The summed E-state index contributed by atoms with van der Waals surface area (Å²) in [5.74, 6) is 0. The molecule has 0 bridgehead atoms. The third-order valence-corrected chi connectivity index (χ3v) is 6.73. The predicted octanol–water partition coefficient (Wildman–Crippen LogP) is 1.46. The number of ether oxygens (including phenoxy) is 2. The highest BCUT2D eigenvalue weighted by Crippen LogP contribution is 2.27. The van der Waals surface area contributed by atoms with Gasteiger partial charge in [-0.25, -0.2) is 0 Å². The van der Waals surface area contributed by atoms with Gasteiger partial charge in [-0.15, -0.1) is 12.4 Å². The number of nitrogens with one attached hydrogen (secondary N) is 1. The van der Waals surface area contributed by atoms with E-state index < -0.39 is 10.2 Å². The number of aryl methyl sites for hydroxylation is 1. The Kier molecular flexibility index (Phi) is 10.8. The average Bonchev–Trinajstić information content (AvgIpc) is 2.68. The Morgan fingerprint density at radius 2 is 1.74 bits per heavy atom. The van der Waals surface area contributed by atoms with Crippen molar-refractivity contribution in [2.24, 2.45) is 0 Å². The Bertz CT molecular complexity index is 635. The second-order valence-corrected chi connectivity index (χ2v) is 8.20. The largest absolute Gasteiger partial charge is 0.383 e. The molecule has 1 fully saturated rings. The van der Waals surface area contributed by atoms with E-state index in [0.29, 0.717) is 45.9 Å². The Morgan fingerprint density at radius 1 is 1.15 bits per heavy atom. The zero-order valence-electron chi connectivity index (χ0n) is 16.4. The number of halogens is 1. The fourth-order valence-electron chi connectivity index (χ4n) is 3.10. The minimum Gasteiger partial charge on any atom is -0.383 e. The van der Waals surface area contributed by atoms with Gasteiger partial charge in [0.1, 0.15) is 0 Å². The molecule has 1 aromatic carbocycles. The van der Waals surface area contributed by atoms with Crippen LogP contribution in [0.2, 0.25) is 0 Å². The Balaban J connectivity index is 0.00000364. The van der Waals surface area contributed by atoms with Crippen LogP contribution in [-0.2, 0) is 26.1 Å². The molecule has 1 atom stereocenters. The van der Waals surface area contributed by atoms with Crippen molar-refractivity contribution < 1.29 is 17.9 Å². The van der Waals surface area contributed by atoms with E-state index in [1.54, 1.807) is 18.5 Å². The van der Waals surface area contributed by atoms with Crippen LogP contribution in [0.1, 0.15) is 24.1 Å². The molecule has 1 aliphatic heterocycles. The van der Waals surface area contributed by atoms with Crippen LogP contribution in [0.25, 0.3) is 0 Å². The Hall–Kier alpha value is -0.740. The van der Waals surface area contributed by atoms with Crippen LogP contribution in [-0.4, -0.2) is 77.2 Å². The molecule has 0 amide bonds. The highest BCUT2D eigenvalue weighted by molar-refractivity contribution is 7.86. The molecule has 0 aliphatic carbocycles. The molecular formula is C18H32ClN3O4S. The fourth-order valence-corrected chi connectivity index (χ4v) is 4.85. The molecule has 1 aromatic rings. The minimum atomic E-state index is -3.61. The highest BCUT2D eigenvalue weighted by atomic mass is 35.5. The summed E-state index contributed by atoms with van der Waals surface area (Å²) in [5, 5.41) is 3.32. The van der Waals surface area contributed by atoms with Crippen molar-refractivity contribution in [3.05, 3.63) is 35.4 Å². The Morgan fingerprint density at radius 3 is 2.26 bits per heavy atom. The molecular weight excluding hydrogens is 390 g/mol. The molecule has 9 heteroatoms. The van der Waals surface area contributed by atoms with Gasteiger partial charge in [0.25, 0.3) is 10.2 Å². The summed E-state index contributed by atoms with van der Waals surface area (Å²) in [7, 11) is -0.468. The molecule has 1 heterocycles. The maximum Gasteiger partial charge on any atom is 0.282 e. The number of hydrogen-bond donors (Lipinski definition) is 1. The SMILES string of the molecule is CCc1ccc(C2CNCCN2S(=O)(=O)N(CCOC)CCOC)cc1.Cl. The van der Waals surface area contributed by atoms with Gasteiger partial charge in [0, 0.05) is 46.9 Å². The summed E-state index contributed by atoms with van der Waals surface area (Å²) >= 11 is 0. The van der Waals surface area contributed by atoms with Crippen LogP contribution < -0.4 is 5.32 Å². The number of piperazine rings is 1. The molecule has 1 unspecified atom stereocenters. The summed E-state index contributed by atoms with van der Waals surface area (Å²) in [5.41, 5.74) is 2.25.